The van der Waals surface area contributed by atoms with Gasteiger partial charge in [-0.05, 0) is 56.6 Å². The van der Waals surface area contributed by atoms with Gasteiger partial charge in [0.2, 0.25) is 0 Å². The summed E-state index contributed by atoms with van der Waals surface area (Å²) in [4.78, 5) is 7.90. The highest BCUT2D eigenvalue weighted by molar-refractivity contribution is 7.81. The number of aromatic nitrogens is 1. The monoisotopic (exact) mass is 381 g/mol. The van der Waals surface area contributed by atoms with Gasteiger partial charge in [-0.15, -0.1) is 0 Å². The van der Waals surface area contributed by atoms with Crippen LogP contribution in [-0.4, -0.2) is 21.5 Å². The maximum Gasteiger partial charge on any atom is 0.187 e. The van der Waals surface area contributed by atoms with E-state index >= 15 is 0 Å². The highest BCUT2D eigenvalue weighted by Gasteiger charge is 2.57. The number of halogens is 1. The fourth-order valence-corrected chi connectivity index (χ4v) is 4.27. The Balaban J connectivity index is 1.80. The van der Waals surface area contributed by atoms with Crippen LogP contribution >= 0.6 is 23.8 Å². The lowest BCUT2D eigenvalue weighted by Gasteiger charge is -2.44. The largest absolute Gasteiger partial charge is 0.305 e. The van der Waals surface area contributed by atoms with E-state index in [0.29, 0.717) is 16.6 Å². The molecular formula is C19H16ClN5S. The average molecular weight is 382 g/mol. The van der Waals surface area contributed by atoms with Crippen LogP contribution in [0.2, 0.25) is 5.02 Å². The lowest BCUT2D eigenvalue weighted by Crippen LogP contribution is -2.55. The zero-order chi connectivity index (χ0) is 18.5. The average Bonchev–Trinajstić information content (AvgIpc) is 2.83. The van der Waals surface area contributed by atoms with Gasteiger partial charge >= 0.3 is 0 Å². The van der Waals surface area contributed by atoms with Gasteiger partial charge in [-0.3, -0.25) is 10.3 Å². The molecule has 1 aromatic heterocycles. The summed E-state index contributed by atoms with van der Waals surface area (Å²) in [6.07, 6.45) is 4.38. The van der Waals surface area contributed by atoms with E-state index < -0.39 is 5.54 Å². The number of anilines is 2. The number of pyridine rings is 1. The van der Waals surface area contributed by atoms with Crippen molar-refractivity contribution in [1.29, 1.82) is 10.7 Å². The first-order valence-corrected chi connectivity index (χ1v) is 9.12. The Kier molecular flexibility index (Phi) is 3.94. The molecule has 1 N–H and O–H groups in total. The molecule has 130 valence electrons. The maximum absolute atomic E-state index is 9.04. The first-order chi connectivity index (χ1) is 12.5. The summed E-state index contributed by atoms with van der Waals surface area (Å²) >= 11 is 11.9. The van der Waals surface area contributed by atoms with Gasteiger partial charge in [-0.25, -0.2) is 4.98 Å². The number of hydrogen-bond donors (Lipinski definition) is 1. The third-order valence-corrected chi connectivity index (χ3v) is 5.79. The van der Waals surface area contributed by atoms with Gasteiger partial charge in [0.25, 0.3) is 0 Å². The molecular weight excluding hydrogens is 366 g/mol. The molecule has 5 nitrogen and oxygen atoms in total. The van der Waals surface area contributed by atoms with Crippen LogP contribution in [0.25, 0.3) is 0 Å². The second-order valence-electron chi connectivity index (χ2n) is 6.66. The molecule has 0 amide bonds. The van der Waals surface area contributed by atoms with E-state index in [4.69, 9.17) is 34.5 Å². The van der Waals surface area contributed by atoms with Crippen LogP contribution in [0.15, 0.2) is 36.5 Å². The second kappa shape index (κ2) is 6.04. The predicted octanol–water partition coefficient (Wildman–Crippen LogP) is 4.43. The van der Waals surface area contributed by atoms with Gasteiger partial charge in [0, 0.05) is 5.69 Å². The first-order valence-electron chi connectivity index (χ1n) is 8.33. The molecule has 0 atom stereocenters. The van der Waals surface area contributed by atoms with E-state index in [2.05, 4.69) is 22.0 Å². The second-order valence-corrected chi connectivity index (χ2v) is 7.43. The molecule has 7 heteroatoms. The lowest BCUT2D eigenvalue weighted by molar-refractivity contribution is 0.349. The third-order valence-electron chi connectivity index (χ3n) is 5.14. The molecule has 0 unspecified atom stereocenters. The number of nitrogens with zero attached hydrogens (tertiary/aromatic N) is 4. The van der Waals surface area contributed by atoms with Crippen molar-refractivity contribution in [3.8, 4) is 6.07 Å². The molecule has 1 saturated heterocycles. The Labute approximate surface area is 162 Å². The lowest BCUT2D eigenvalue weighted by atomic mass is 9.75. The summed E-state index contributed by atoms with van der Waals surface area (Å²) in [5.74, 6) is 0.442. The number of benzene rings is 1. The number of thiocarbonyl (C=S) groups is 1. The Bertz CT molecular complexity index is 959. The Morgan fingerprint density at radius 1 is 1.27 bits per heavy atom. The number of aryl methyl sites for hydroxylation is 1. The molecule has 1 saturated carbocycles. The highest BCUT2D eigenvalue weighted by Crippen LogP contribution is 2.48. The van der Waals surface area contributed by atoms with Crippen molar-refractivity contribution < 1.29 is 0 Å². The normalized spacial score (nSPS) is 18.2. The molecule has 0 radical (unpaired) electrons. The van der Waals surface area contributed by atoms with Crippen molar-refractivity contribution in [3.63, 3.8) is 0 Å². The van der Waals surface area contributed by atoms with Crippen molar-refractivity contribution in [2.24, 2.45) is 0 Å². The third kappa shape index (κ3) is 2.32. The Morgan fingerprint density at radius 2 is 1.96 bits per heavy atom. The molecule has 1 spiro atoms. The van der Waals surface area contributed by atoms with Gasteiger partial charge in [0.15, 0.2) is 10.8 Å². The number of nitriles is 1. The van der Waals surface area contributed by atoms with Gasteiger partial charge in [0.1, 0.15) is 17.4 Å². The molecule has 2 fully saturated rings. The summed E-state index contributed by atoms with van der Waals surface area (Å²) in [5, 5.41) is 18.7. The Hall–Kier alpha value is -2.49. The zero-order valence-corrected chi connectivity index (χ0v) is 15.7. The predicted molar refractivity (Wildman–Crippen MR) is 107 cm³/mol. The minimum absolute atomic E-state index is 0.167. The summed E-state index contributed by atoms with van der Waals surface area (Å²) < 4.78 is 0. The van der Waals surface area contributed by atoms with E-state index in [1.54, 1.807) is 17.2 Å². The van der Waals surface area contributed by atoms with Crippen LogP contribution in [0.1, 0.15) is 30.5 Å². The molecule has 2 aliphatic rings. The van der Waals surface area contributed by atoms with Gasteiger partial charge in [-0.2, -0.15) is 5.26 Å². The maximum atomic E-state index is 9.04. The quantitative estimate of drug-likeness (QED) is 0.779. The van der Waals surface area contributed by atoms with E-state index in [9.17, 15) is 0 Å². The summed E-state index contributed by atoms with van der Waals surface area (Å²) in [5.41, 5.74) is 2.54. The van der Waals surface area contributed by atoms with Crippen molar-refractivity contribution in [2.45, 2.75) is 31.7 Å². The van der Waals surface area contributed by atoms with E-state index in [-0.39, 0.29) is 10.7 Å². The SMILES string of the molecule is Cc1ccc(N2C(=S)N(c3cnc(C#N)c(Cl)c3)C(=N)C23CCC3)cc1. The summed E-state index contributed by atoms with van der Waals surface area (Å²) in [7, 11) is 0. The van der Waals surface area contributed by atoms with E-state index in [1.807, 2.05) is 25.1 Å². The minimum atomic E-state index is -0.410. The van der Waals surface area contributed by atoms with Crippen LogP contribution in [-0.2, 0) is 0 Å². The van der Waals surface area contributed by atoms with E-state index in [1.165, 1.54) is 5.56 Å². The number of rotatable bonds is 2. The number of nitrogens with one attached hydrogen (secondary N) is 1. The van der Waals surface area contributed by atoms with Crippen LogP contribution < -0.4 is 9.80 Å². The fraction of sp³-hybridized carbons (Fsp3) is 0.263. The first kappa shape index (κ1) is 17.0. The van der Waals surface area contributed by atoms with Crippen LogP contribution in [0.5, 0.6) is 0 Å². The number of amidine groups is 1. The summed E-state index contributed by atoms with van der Waals surface area (Å²) in [6.45, 7) is 2.05. The van der Waals surface area contributed by atoms with Gasteiger partial charge in [0.05, 0.1) is 16.9 Å². The van der Waals surface area contributed by atoms with Crippen LogP contribution in [0, 0.1) is 23.7 Å². The molecule has 1 aliphatic carbocycles. The molecule has 1 aliphatic heterocycles. The van der Waals surface area contributed by atoms with Crippen molar-refractivity contribution in [3.05, 3.63) is 52.8 Å². The van der Waals surface area contributed by atoms with Crippen LogP contribution in [0.3, 0.4) is 0 Å². The van der Waals surface area contributed by atoms with Crippen molar-refractivity contribution in [1.82, 2.24) is 4.98 Å². The molecule has 2 aromatic rings. The van der Waals surface area contributed by atoms with E-state index in [0.717, 1.165) is 24.9 Å². The smallest absolute Gasteiger partial charge is 0.187 e. The molecule has 1 aromatic carbocycles. The van der Waals surface area contributed by atoms with Gasteiger partial charge in [-0.1, -0.05) is 29.3 Å². The zero-order valence-electron chi connectivity index (χ0n) is 14.2. The molecule has 0 bridgehead atoms. The van der Waals surface area contributed by atoms with Gasteiger partial charge < -0.3 is 4.90 Å². The van der Waals surface area contributed by atoms with Crippen molar-refractivity contribution >= 4 is 46.1 Å². The topological polar surface area (TPSA) is 67.0 Å². The molecule has 2 heterocycles. The molecule has 4 rings (SSSR count). The minimum Gasteiger partial charge on any atom is -0.305 e. The Morgan fingerprint density at radius 3 is 2.50 bits per heavy atom. The molecule has 26 heavy (non-hydrogen) atoms. The van der Waals surface area contributed by atoms with Crippen LogP contribution in [0.4, 0.5) is 11.4 Å². The number of hydrogen-bond acceptors (Lipinski definition) is 4. The highest BCUT2D eigenvalue weighted by atomic mass is 35.5. The fourth-order valence-electron chi connectivity index (χ4n) is 3.59. The summed E-state index contributed by atoms with van der Waals surface area (Å²) in [6, 6.07) is 11.8. The standard InChI is InChI=1S/C19H16ClN5S/c1-12-3-5-13(6-4-12)25-18(26)24(17(22)19(25)7-2-8-19)14-9-15(20)16(10-21)23-11-14/h3-6,9,11,22H,2,7-8H2,1H3. The van der Waals surface area contributed by atoms with Crippen molar-refractivity contribution in [2.75, 3.05) is 9.80 Å².